The number of hydrogen-bond donors (Lipinski definition) is 2. The number of ether oxygens (including phenoxy) is 3. The summed E-state index contributed by atoms with van der Waals surface area (Å²) in [6.07, 6.45) is 4.36. The van der Waals surface area contributed by atoms with E-state index in [0.29, 0.717) is 25.2 Å². The van der Waals surface area contributed by atoms with E-state index in [-0.39, 0.29) is 30.7 Å². The molecule has 5 atom stereocenters. The van der Waals surface area contributed by atoms with Gasteiger partial charge in [-0.1, -0.05) is 31.4 Å². The Morgan fingerprint density at radius 2 is 1.88 bits per heavy atom. The van der Waals surface area contributed by atoms with Crippen molar-refractivity contribution in [1.29, 1.82) is 0 Å². The molecule has 4 heterocycles. The maximum atomic E-state index is 13.8. The van der Waals surface area contributed by atoms with Gasteiger partial charge in [-0.3, -0.25) is 9.59 Å². The minimum atomic E-state index is -1.13. The van der Waals surface area contributed by atoms with E-state index in [9.17, 15) is 19.5 Å². The van der Waals surface area contributed by atoms with Crippen molar-refractivity contribution in [2.24, 2.45) is 5.92 Å². The van der Waals surface area contributed by atoms with Crippen LogP contribution in [0.2, 0.25) is 0 Å². The zero-order valence-corrected chi connectivity index (χ0v) is 19.2. The number of rotatable bonds is 2. The first-order valence-electron chi connectivity index (χ1n) is 12.3. The number of nitrogens with one attached hydrogen (secondary N) is 1. The highest BCUT2D eigenvalue weighted by Crippen LogP contribution is 2.35. The molecule has 6 bridgehead atoms. The van der Waals surface area contributed by atoms with Crippen LogP contribution in [-0.2, 0) is 30.3 Å². The molecule has 0 aromatic heterocycles. The predicted octanol–water partition coefficient (Wildman–Crippen LogP) is 1.87. The maximum Gasteiger partial charge on any atom is 0.329 e. The molecule has 34 heavy (non-hydrogen) atoms. The average Bonchev–Trinajstić information content (AvgIpc) is 3.37. The summed E-state index contributed by atoms with van der Waals surface area (Å²) in [5.41, 5.74) is 0.799. The Bertz CT molecular complexity index is 932. The first-order valence-corrected chi connectivity index (χ1v) is 12.3. The van der Waals surface area contributed by atoms with E-state index >= 15 is 0 Å². The smallest absolute Gasteiger partial charge is 0.329 e. The number of aliphatic carboxylic acids is 1. The van der Waals surface area contributed by atoms with Gasteiger partial charge in [0.1, 0.15) is 24.0 Å². The first kappa shape index (κ1) is 23.1. The second kappa shape index (κ2) is 9.92. The Kier molecular flexibility index (Phi) is 6.74. The fraction of sp³-hybridized carbons (Fsp3) is 0.640. The Balaban J connectivity index is 1.44. The summed E-state index contributed by atoms with van der Waals surface area (Å²) in [6, 6.07) is 5.50. The van der Waals surface area contributed by atoms with Gasteiger partial charge in [0.2, 0.25) is 11.8 Å². The van der Waals surface area contributed by atoms with Gasteiger partial charge < -0.3 is 29.5 Å². The lowest BCUT2D eigenvalue weighted by atomic mass is 9.83. The lowest BCUT2D eigenvalue weighted by Crippen LogP contribution is -2.56. The standard InChI is InChI=1S/C25H32N2O7/c28-19-13-15-6-4-9-17(12-15)32-11-5-10-20-33-18-14-27(22(25(30)31)23(18)34-20)24(29)21(26-19)16-7-2-1-3-8-16/h4,6,9,12,16,18,20-23H,1-3,5,7-8,10-11,13-14H2,(H,26,28)(H,30,31)/t18-,20?,21-,22-,23-/m0/s1. The average molecular weight is 473 g/mol. The summed E-state index contributed by atoms with van der Waals surface area (Å²) in [5.74, 6) is -1.07. The highest BCUT2D eigenvalue weighted by atomic mass is 16.7. The molecular weight excluding hydrogens is 440 g/mol. The molecule has 2 amide bonds. The topological polar surface area (TPSA) is 114 Å². The number of fused-ring (bicyclic) bond motifs is 7. The molecule has 9 nitrogen and oxygen atoms in total. The fourth-order valence-electron chi connectivity index (χ4n) is 5.74. The van der Waals surface area contributed by atoms with E-state index in [2.05, 4.69) is 5.32 Å². The van der Waals surface area contributed by atoms with Crippen LogP contribution in [-0.4, -0.2) is 71.5 Å². The van der Waals surface area contributed by atoms with Crippen molar-refractivity contribution in [1.82, 2.24) is 10.2 Å². The molecule has 0 spiro atoms. The van der Waals surface area contributed by atoms with Crippen molar-refractivity contribution in [2.45, 2.75) is 81.9 Å². The summed E-state index contributed by atoms with van der Waals surface area (Å²) in [4.78, 5) is 40.4. The molecule has 6 rings (SSSR count). The molecule has 1 aromatic carbocycles. The van der Waals surface area contributed by atoms with Crippen molar-refractivity contribution >= 4 is 17.8 Å². The number of benzene rings is 1. The van der Waals surface area contributed by atoms with Crippen molar-refractivity contribution in [3.63, 3.8) is 0 Å². The molecule has 2 N–H and O–H groups in total. The van der Waals surface area contributed by atoms with Crippen LogP contribution in [0.4, 0.5) is 0 Å². The molecule has 1 aromatic rings. The van der Waals surface area contributed by atoms with Gasteiger partial charge in [0, 0.05) is 6.42 Å². The number of hydrogen-bond acceptors (Lipinski definition) is 6. The summed E-state index contributed by atoms with van der Waals surface area (Å²) in [6.45, 7) is 0.595. The van der Waals surface area contributed by atoms with Crippen molar-refractivity contribution in [3.8, 4) is 5.75 Å². The third-order valence-corrected chi connectivity index (χ3v) is 7.38. The third kappa shape index (κ3) is 4.77. The molecule has 5 aliphatic rings. The van der Waals surface area contributed by atoms with E-state index in [4.69, 9.17) is 14.2 Å². The zero-order valence-electron chi connectivity index (χ0n) is 19.2. The van der Waals surface area contributed by atoms with Gasteiger partial charge in [-0.05, 0) is 42.9 Å². The molecular formula is C25H32N2O7. The van der Waals surface area contributed by atoms with Crippen LogP contribution >= 0.6 is 0 Å². The van der Waals surface area contributed by atoms with E-state index in [1.807, 2.05) is 24.3 Å². The normalized spacial score (nSPS) is 32.8. The molecule has 1 aliphatic carbocycles. The van der Waals surface area contributed by atoms with E-state index in [1.165, 1.54) is 4.90 Å². The zero-order chi connectivity index (χ0) is 23.7. The number of nitrogens with zero attached hydrogens (tertiary/aromatic N) is 1. The van der Waals surface area contributed by atoms with Gasteiger partial charge in [0.15, 0.2) is 12.3 Å². The van der Waals surface area contributed by atoms with Crippen molar-refractivity contribution in [3.05, 3.63) is 29.8 Å². The van der Waals surface area contributed by atoms with Gasteiger partial charge in [-0.2, -0.15) is 0 Å². The minimum absolute atomic E-state index is 0.0218. The quantitative estimate of drug-likeness (QED) is 0.675. The summed E-state index contributed by atoms with van der Waals surface area (Å²) in [5, 5.41) is 13.0. The largest absolute Gasteiger partial charge is 0.494 e. The van der Waals surface area contributed by atoms with Crippen LogP contribution in [0.15, 0.2) is 24.3 Å². The molecule has 184 valence electrons. The fourth-order valence-corrected chi connectivity index (χ4v) is 5.74. The SMILES string of the molecule is O=C1Cc2cccc(c2)OCCCC2O[C@H]3[C@H](CN(C(=O)[C@H](C4CCCCC4)N1)[C@@H]3C(=O)O)O2. The third-order valence-electron chi connectivity index (χ3n) is 7.38. The summed E-state index contributed by atoms with van der Waals surface area (Å²) < 4.78 is 17.8. The van der Waals surface area contributed by atoms with Crippen LogP contribution < -0.4 is 10.1 Å². The first-order chi connectivity index (χ1) is 16.5. The van der Waals surface area contributed by atoms with Gasteiger partial charge >= 0.3 is 5.97 Å². The van der Waals surface area contributed by atoms with E-state index < -0.39 is 36.6 Å². The molecule has 4 aliphatic heterocycles. The van der Waals surface area contributed by atoms with Gasteiger partial charge in [-0.25, -0.2) is 4.79 Å². The maximum absolute atomic E-state index is 13.8. The lowest BCUT2D eigenvalue weighted by Gasteiger charge is -2.34. The monoisotopic (exact) mass is 472 g/mol. The molecule has 9 heteroatoms. The number of carboxylic acids is 1. The highest BCUT2D eigenvalue weighted by molar-refractivity contribution is 5.92. The number of carboxylic acid groups (broad SMARTS) is 1. The van der Waals surface area contributed by atoms with Gasteiger partial charge in [-0.15, -0.1) is 0 Å². The van der Waals surface area contributed by atoms with Gasteiger partial charge in [0.25, 0.3) is 0 Å². The van der Waals surface area contributed by atoms with E-state index in [1.54, 1.807) is 0 Å². The minimum Gasteiger partial charge on any atom is -0.494 e. The predicted molar refractivity (Wildman–Crippen MR) is 120 cm³/mol. The van der Waals surface area contributed by atoms with Crippen LogP contribution in [0.25, 0.3) is 0 Å². The highest BCUT2D eigenvalue weighted by Gasteiger charge is 2.55. The Hall–Kier alpha value is -2.65. The second-order valence-corrected chi connectivity index (χ2v) is 9.74. The molecule has 1 saturated carbocycles. The van der Waals surface area contributed by atoms with Crippen LogP contribution in [0.1, 0.15) is 50.5 Å². The van der Waals surface area contributed by atoms with Crippen molar-refractivity contribution < 1.29 is 33.7 Å². The number of carbonyl (C=O) groups excluding carboxylic acids is 2. The van der Waals surface area contributed by atoms with E-state index in [0.717, 1.165) is 37.7 Å². The van der Waals surface area contributed by atoms with Crippen LogP contribution in [0.5, 0.6) is 5.75 Å². The molecule has 3 fully saturated rings. The van der Waals surface area contributed by atoms with Crippen molar-refractivity contribution in [2.75, 3.05) is 13.2 Å². The van der Waals surface area contributed by atoms with Crippen LogP contribution in [0, 0.1) is 5.92 Å². The summed E-state index contributed by atoms with van der Waals surface area (Å²) in [7, 11) is 0. The Morgan fingerprint density at radius 3 is 2.68 bits per heavy atom. The Morgan fingerprint density at radius 1 is 1.06 bits per heavy atom. The van der Waals surface area contributed by atoms with Crippen LogP contribution in [0.3, 0.4) is 0 Å². The lowest BCUT2D eigenvalue weighted by molar-refractivity contribution is -0.158. The van der Waals surface area contributed by atoms with Gasteiger partial charge in [0.05, 0.1) is 19.6 Å². The number of amides is 2. The second-order valence-electron chi connectivity index (χ2n) is 9.74. The number of carbonyl (C=O) groups is 3. The summed E-state index contributed by atoms with van der Waals surface area (Å²) >= 11 is 0. The molecule has 1 unspecified atom stereocenters. The molecule has 0 radical (unpaired) electrons. The Labute approximate surface area is 198 Å². The molecule has 2 saturated heterocycles.